The Labute approximate surface area is 430 Å². The monoisotopic (exact) mass is 1120 g/mol. The third-order valence-corrected chi connectivity index (χ3v) is 14.9. The summed E-state index contributed by atoms with van der Waals surface area (Å²) < 4.78 is 139. The molecule has 0 aliphatic rings. The average molecular weight is 1120 g/mol. The lowest BCUT2D eigenvalue weighted by atomic mass is 10.1. The third kappa shape index (κ3) is 11.5. The summed E-state index contributed by atoms with van der Waals surface area (Å²) in [6.07, 6.45) is 5.49. The van der Waals surface area contributed by atoms with Crippen LogP contribution in [-0.2, 0) is 68.7 Å². The van der Waals surface area contributed by atoms with Crippen molar-refractivity contribution in [2.75, 3.05) is 31.9 Å². The summed E-state index contributed by atoms with van der Waals surface area (Å²) >= 11 is 0. The molecule has 8 rings (SSSR count). The number of carbonyl (C=O) groups is 5. The molecule has 0 fully saturated rings. The van der Waals surface area contributed by atoms with Crippen LogP contribution in [0, 0.1) is 0 Å². The molecule has 0 aliphatic carbocycles. The number of aryl methyl sites for hydroxylation is 4. The zero-order valence-electron chi connectivity index (χ0n) is 39.4. The standard InChI is InChI=1S/C45H40N10O17S4/c1-52-19-25(41(56)46-35-17-31(75(67,68)69)11-23-9-29(73(61,62)63)5-7-33(23)35)13-37(52)48-43(58)27-15-39(54(3)21-27)50-45(60)51-40-16-28(22-55(40)4)44(59)49-38-14-26(20-53(38)2)42(57)47-36-18-32(76(70,71)72)12-24-10-30(74(64,65)66)6-8-34(24)36/h5-22H,1-4H3,(H,46,56)(H,47,57)(H,48,58)(H,49,59)(H2,50,51,60)(H,61,62,63)(H,64,65,66)(H,67,68,69)(H,70,71,72). The molecular formula is C45H40N10O17S4. The van der Waals surface area contributed by atoms with Gasteiger partial charge in [-0.3, -0.25) is 48.0 Å². The Balaban J connectivity index is 0.895. The van der Waals surface area contributed by atoms with Crippen LogP contribution in [0.15, 0.2) is 129 Å². The number of fused-ring (bicyclic) bond motifs is 2. The topological polar surface area (TPSA) is 395 Å². The molecule has 31 heteroatoms. The van der Waals surface area contributed by atoms with E-state index in [4.69, 9.17) is 0 Å². The molecule has 0 bridgehead atoms. The number of amides is 6. The maximum atomic E-state index is 13.4. The van der Waals surface area contributed by atoms with Crippen LogP contribution in [0.3, 0.4) is 0 Å². The van der Waals surface area contributed by atoms with Gasteiger partial charge >= 0.3 is 6.03 Å². The number of hydrogen-bond acceptors (Lipinski definition) is 13. The lowest BCUT2D eigenvalue weighted by Gasteiger charge is -2.11. The van der Waals surface area contributed by atoms with Crippen LogP contribution in [0.25, 0.3) is 21.5 Å². The molecule has 0 saturated carbocycles. The first-order valence-electron chi connectivity index (χ1n) is 21.4. The van der Waals surface area contributed by atoms with Crippen LogP contribution in [0.5, 0.6) is 0 Å². The van der Waals surface area contributed by atoms with E-state index in [9.17, 15) is 75.9 Å². The molecule has 10 N–H and O–H groups in total. The molecule has 6 amide bonds. The van der Waals surface area contributed by atoms with E-state index in [-0.39, 0.29) is 78.4 Å². The van der Waals surface area contributed by atoms with E-state index < -0.39 is 89.7 Å². The van der Waals surface area contributed by atoms with Gasteiger partial charge in [0.15, 0.2) is 0 Å². The van der Waals surface area contributed by atoms with Gasteiger partial charge in [0.25, 0.3) is 64.1 Å². The van der Waals surface area contributed by atoms with Gasteiger partial charge in [0.2, 0.25) is 0 Å². The van der Waals surface area contributed by atoms with E-state index >= 15 is 0 Å². The Hall–Kier alpha value is -8.69. The molecule has 27 nitrogen and oxygen atoms in total. The number of urea groups is 1. The van der Waals surface area contributed by atoms with Crippen molar-refractivity contribution >= 4 is 126 Å². The van der Waals surface area contributed by atoms with E-state index in [1.807, 2.05) is 0 Å². The van der Waals surface area contributed by atoms with Crippen LogP contribution in [0.4, 0.5) is 39.4 Å². The summed E-state index contributed by atoms with van der Waals surface area (Å²) in [5.41, 5.74) is -0.187. The van der Waals surface area contributed by atoms with Crippen molar-refractivity contribution in [3.8, 4) is 0 Å². The van der Waals surface area contributed by atoms with E-state index in [0.29, 0.717) is 0 Å². The Morgan fingerprint density at radius 3 is 0.908 bits per heavy atom. The number of carbonyl (C=O) groups excluding carboxylic acids is 5. The lowest BCUT2D eigenvalue weighted by Crippen LogP contribution is -2.22. The first kappa shape index (κ1) is 53.6. The van der Waals surface area contributed by atoms with Crippen molar-refractivity contribution in [2.24, 2.45) is 28.2 Å². The maximum Gasteiger partial charge on any atom is 0.325 e. The van der Waals surface area contributed by atoms with Crippen LogP contribution >= 0.6 is 0 Å². The fourth-order valence-corrected chi connectivity index (χ4v) is 9.87. The smallest absolute Gasteiger partial charge is 0.325 e. The Morgan fingerprint density at radius 2 is 0.618 bits per heavy atom. The quantitative estimate of drug-likeness (QED) is 0.0641. The molecule has 76 heavy (non-hydrogen) atoms. The highest BCUT2D eigenvalue weighted by Gasteiger charge is 2.24. The normalized spacial score (nSPS) is 12.1. The Kier molecular flexibility index (Phi) is 13.8. The van der Waals surface area contributed by atoms with Gasteiger partial charge in [0.05, 0.1) is 53.2 Å². The molecule has 4 aromatic heterocycles. The second-order valence-electron chi connectivity index (χ2n) is 16.9. The predicted molar refractivity (Wildman–Crippen MR) is 273 cm³/mol. The van der Waals surface area contributed by atoms with Crippen LogP contribution in [0.1, 0.15) is 41.4 Å². The molecule has 0 spiro atoms. The predicted octanol–water partition coefficient (Wildman–Crippen LogP) is 4.99. The highest BCUT2D eigenvalue weighted by Crippen LogP contribution is 2.33. The van der Waals surface area contributed by atoms with Gasteiger partial charge in [-0.2, -0.15) is 33.7 Å². The van der Waals surface area contributed by atoms with E-state index in [2.05, 4.69) is 31.9 Å². The van der Waals surface area contributed by atoms with Crippen molar-refractivity contribution in [1.29, 1.82) is 0 Å². The van der Waals surface area contributed by atoms with Gasteiger partial charge < -0.3 is 39.5 Å². The fourth-order valence-electron chi connectivity index (χ4n) is 7.75. The highest BCUT2D eigenvalue weighted by molar-refractivity contribution is 7.86. The first-order valence-corrected chi connectivity index (χ1v) is 27.1. The Morgan fingerprint density at radius 1 is 0.355 bits per heavy atom. The Bertz CT molecular complexity index is 4010. The average Bonchev–Trinajstić information content (AvgIpc) is 4.10. The molecule has 4 heterocycles. The third-order valence-electron chi connectivity index (χ3n) is 11.5. The van der Waals surface area contributed by atoms with Crippen LogP contribution in [0.2, 0.25) is 0 Å². The SMILES string of the molecule is Cn1cc(C(=O)Nc2cc(C(=O)Nc3cc(S(=O)(=O)O)cc4cc(S(=O)(=O)O)ccc34)cn2C)cc1NC(=O)Nc1cc(C(=O)Nc2cc(C(=O)Nc3cc(S(=O)(=O)O)cc4cc(S(=O)(=O)O)ccc34)cn2C)cn1C. The molecular weight excluding hydrogens is 1080 g/mol. The van der Waals surface area contributed by atoms with Gasteiger partial charge in [-0.05, 0) is 83.6 Å². The fraction of sp³-hybridized carbons (Fsp3) is 0.0889. The summed E-state index contributed by atoms with van der Waals surface area (Å²) in [5, 5.41) is 15.7. The molecule has 0 unspecified atom stereocenters. The van der Waals surface area contributed by atoms with Crippen LogP contribution in [-0.4, -0.2) is 99.8 Å². The van der Waals surface area contributed by atoms with Gasteiger partial charge in [-0.1, -0.05) is 12.1 Å². The summed E-state index contributed by atoms with van der Waals surface area (Å²) in [6.45, 7) is 0. The zero-order valence-corrected chi connectivity index (χ0v) is 42.7. The second kappa shape index (κ2) is 19.5. The highest BCUT2D eigenvalue weighted by atomic mass is 32.2. The minimum absolute atomic E-state index is 0.0215. The molecule has 396 valence electrons. The van der Waals surface area contributed by atoms with Gasteiger partial charge in [0.1, 0.15) is 23.3 Å². The molecule has 8 aromatic rings. The van der Waals surface area contributed by atoms with Gasteiger partial charge in [-0.25, -0.2) is 4.79 Å². The second-order valence-corrected chi connectivity index (χ2v) is 22.6. The largest absolute Gasteiger partial charge is 0.337 e. The van der Waals surface area contributed by atoms with Crippen molar-refractivity contribution < 1.29 is 75.9 Å². The summed E-state index contributed by atoms with van der Waals surface area (Å²) in [5.74, 6) is -2.37. The first-order chi connectivity index (χ1) is 35.3. The van der Waals surface area contributed by atoms with E-state index in [1.54, 1.807) is 14.1 Å². The van der Waals surface area contributed by atoms with E-state index in [1.165, 1.54) is 93.5 Å². The summed E-state index contributed by atoms with van der Waals surface area (Å²) in [4.78, 5) is 64.4. The van der Waals surface area contributed by atoms with Gasteiger partial charge in [-0.15, -0.1) is 0 Å². The number of hydrogen-bond donors (Lipinski definition) is 10. The number of nitrogens with zero attached hydrogens (tertiary/aromatic N) is 4. The number of anilines is 6. The van der Waals surface area contributed by atoms with Crippen molar-refractivity contribution in [3.63, 3.8) is 0 Å². The van der Waals surface area contributed by atoms with Crippen LogP contribution < -0.4 is 31.9 Å². The molecule has 0 radical (unpaired) electrons. The lowest BCUT2D eigenvalue weighted by molar-refractivity contribution is 0.101. The van der Waals surface area contributed by atoms with Crippen molar-refractivity contribution in [2.45, 2.75) is 19.6 Å². The number of nitrogens with one attached hydrogen (secondary N) is 6. The van der Waals surface area contributed by atoms with E-state index in [0.717, 1.165) is 48.5 Å². The zero-order chi connectivity index (χ0) is 55.6. The number of rotatable bonds is 14. The number of benzene rings is 4. The molecule has 4 aromatic carbocycles. The molecule has 0 aliphatic heterocycles. The molecule has 0 atom stereocenters. The van der Waals surface area contributed by atoms with Gasteiger partial charge in [0, 0.05) is 63.8 Å². The summed E-state index contributed by atoms with van der Waals surface area (Å²) in [6, 6.07) is 14.7. The summed E-state index contributed by atoms with van der Waals surface area (Å²) in [7, 11) is -13.0. The minimum Gasteiger partial charge on any atom is -0.337 e. The van der Waals surface area contributed by atoms with Crippen molar-refractivity contribution in [1.82, 2.24) is 18.3 Å². The maximum absolute atomic E-state index is 13.4. The minimum atomic E-state index is -4.85. The number of aromatic nitrogens is 4. The van der Waals surface area contributed by atoms with Crippen molar-refractivity contribution in [3.05, 3.63) is 132 Å². The molecule has 0 saturated heterocycles.